The molecule has 6 aromatic heterocycles. The molecule has 306 valence electrons. The maximum Gasteiger partial charge on any atom is 0.416 e. The molecule has 58 heavy (non-hydrogen) atoms. The fourth-order valence-corrected chi connectivity index (χ4v) is 8.75. The van der Waals surface area contributed by atoms with E-state index in [0.717, 1.165) is 83.8 Å². The number of hydrogen-bond donors (Lipinski definition) is 4. The summed E-state index contributed by atoms with van der Waals surface area (Å²) in [6.45, 7) is 3.91. The van der Waals surface area contributed by atoms with Crippen LogP contribution in [0.25, 0.3) is 33.6 Å². The SMILES string of the molecule is CC[C@@H]1C[C@H](O[C@H]2C[C@@H](CC)[C@@H](c3nnc4cnc5[nH]ccc5n34)C2)C[C@@H]1c1nnc2cnc3[nH]ccc3n12.O=C(O)NCc1cc(C(F)(F)F)cc(C(F)(F)F)c1. The van der Waals surface area contributed by atoms with Crippen LogP contribution in [0.5, 0.6) is 0 Å². The molecule has 2 saturated carbocycles. The van der Waals surface area contributed by atoms with Crippen molar-refractivity contribution < 1.29 is 41.0 Å². The van der Waals surface area contributed by atoms with E-state index in [4.69, 9.17) is 9.84 Å². The van der Waals surface area contributed by atoms with Gasteiger partial charge in [-0.25, -0.2) is 14.8 Å². The Hall–Kier alpha value is -5.79. The number of aromatic nitrogens is 10. The van der Waals surface area contributed by atoms with Crippen molar-refractivity contribution in [1.29, 1.82) is 0 Å². The molecule has 2 aliphatic rings. The molecular weight excluding hydrogens is 772 g/mol. The molecule has 2 aliphatic carbocycles. The predicted octanol–water partition coefficient (Wildman–Crippen LogP) is 8.28. The third-order valence-corrected chi connectivity index (χ3v) is 11.4. The average molecular weight is 812 g/mol. The Morgan fingerprint density at radius 1 is 0.759 bits per heavy atom. The second-order valence-electron chi connectivity index (χ2n) is 14.9. The van der Waals surface area contributed by atoms with Gasteiger partial charge in [-0.3, -0.25) is 8.80 Å². The lowest BCUT2D eigenvalue weighted by Crippen LogP contribution is -2.21. The Bertz CT molecular complexity index is 2410. The van der Waals surface area contributed by atoms with Crippen molar-refractivity contribution in [2.75, 3.05) is 0 Å². The molecule has 0 radical (unpaired) electrons. The van der Waals surface area contributed by atoms with Crippen LogP contribution >= 0.6 is 0 Å². The highest BCUT2D eigenvalue weighted by molar-refractivity contribution is 5.75. The molecule has 0 saturated heterocycles. The van der Waals surface area contributed by atoms with Crippen molar-refractivity contribution in [1.82, 2.24) is 54.4 Å². The van der Waals surface area contributed by atoms with E-state index < -0.39 is 41.7 Å². The maximum absolute atomic E-state index is 12.4. The van der Waals surface area contributed by atoms with E-state index in [1.54, 1.807) is 17.7 Å². The summed E-state index contributed by atoms with van der Waals surface area (Å²) in [7, 11) is 0. The van der Waals surface area contributed by atoms with Gasteiger partial charge < -0.3 is 25.1 Å². The highest BCUT2D eigenvalue weighted by Gasteiger charge is 2.43. The van der Waals surface area contributed by atoms with E-state index in [9.17, 15) is 31.1 Å². The summed E-state index contributed by atoms with van der Waals surface area (Å²) in [5.41, 5.74) is 1.99. The van der Waals surface area contributed by atoms with Gasteiger partial charge in [-0.1, -0.05) is 26.7 Å². The monoisotopic (exact) mass is 811 g/mol. The van der Waals surface area contributed by atoms with E-state index in [1.165, 1.54) is 0 Å². The number of aromatic amines is 2. The lowest BCUT2D eigenvalue weighted by atomic mass is 9.93. The molecule has 1 amide bonds. The molecule has 14 nitrogen and oxygen atoms in total. The summed E-state index contributed by atoms with van der Waals surface area (Å²) >= 11 is 0. The number of fused-ring (bicyclic) bond motifs is 6. The van der Waals surface area contributed by atoms with Crippen molar-refractivity contribution in [3.63, 3.8) is 0 Å². The van der Waals surface area contributed by atoms with Crippen LogP contribution in [0.2, 0.25) is 0 Å². The van der Waals surface area contributed by atoms with Crippen LogP contribution in [0.15, 0.2) is 55.1 Å². The van der Waals surface area contributed by atoms with Crippen molar-refractivity contribution in [3.8, 4) is 0 Å². The Balaban J connectivity index is 0.000000210. The smallest absolute Gasteiger partial charge is 0.416 e. The van der Waals surface area contributed by atoms with Gasteiger partial charge in [-0.2, -0.15) is 26.3 Å². The number of nitrogens with one attached hydrogen (secondary N) is 3. The molecule has 2 fully saturated rings. The second kappa shape index (κ2) is 15.2. The Labute approximate surface area is 325 Å². The van der Waals surface area contributed by atoms with Crippen molar-refractivity contribution >= 4 is 39.7 Å². The second-order valence-corrected chi connectivity index (χ2v) is 14.9. The Kier molecular flexibility index (Phi) is 10.2. The van der Waals surface area contributed by atoms with Crippen LogP contribution in [0.1, 0.15) is 92.5 Å². The Morgan fingerprint density at radius 2 is 1.22 bits per heavy atom. The molecule has 0 bridgehead atoms. The van der Waals surface area contributed by atoms with Crippen LogP contribution in [0.3, 0.4) is 0 Å². The van der Waals surface area contributed by atoms with Gasteiger partial charge in [0.2, 0.25) is 0 Å². The number of halogens is 6. The van der Waals surface area contributed by atoms with E-state index in [2.05, 4.69) is 75.1 Å². The summed E-state index contributed by atoms with van der Waals surface area (Å²) < 4.78 is 85.9. The van der Waals surface area contributed by atoms with Gasteiger partial charge in [-0.05, 0) is 73.4 Å². The van der Waals surface area contributed by atoms with Gasteiger partial charge in [0.05, 0.1) is 46.8 Å². The number of carbonyl (C=O) groups is 1. The number of benzene rings is 1. The largest absolute Gasteiger partial charge is 0.465 e. The molecule has 0 spiro atoms. The molecule has 0 unspecified atom stereocenters. The zero-order valence-corrected chi connectivity index (χ0v) is 31.2. The number of nitrogens with zero attached hydrogens (tertiary/aromatic N) is 8. The lowest BCUT2D eigenvalue weighted by molar-refractivity contribution is -0.143. The number of H-pyrrole nitrogens is 2. The van der Waals surface area contributed by atoms with Crippen molar-refractivity contribution in [3.05, 3.63) is 83.5 Å². The first kappa shape index (κ1) is 39.1. The van der Waals surface area contributed by atoms with Gasteiger partial charge in [0.25, 0.3) is 0 Å². The van der Waals surface area contributed by atoms with Gasteiger partial charge in [0, 0.05) is 30.8 Å². The third-order valence-electron chi connectivity index (χ3n) is 11.4. The predicted molar refractivity (Wildman–Crippen MR) is 197 cm³/mol. The minimum Gasteiger partial charge on any atom is -0.465 e. The van der Waals surface area contributed by atoms with E-state index >= 15 is 0 Å². The summed E-state index contributed by atoms with van der Waals surface area (Å²) in [5, 5.41) is 28.3. The number of rotatable bonds is 8. The zero-order valence-electron chi connectivity index (χ0n) is 31.2. The topological polar surface area (TPSA) is 176 Å². The molecule has 6 heterocycles. The molecule has 4 N–H and O–H groups in total. The first-order valence-corrected chi connectivity index (χ1v) is 19.0. The molecule has 7 aromatic rings. The van der Waals surface area contributed by atoms with Gasteiger partial charge in [0.1, 0.15) is 11.6 Å². The Morgan fingerprint density at radius 3 is 1.64 bits per heavy atom. The normalized spacial score (nSPS) is 22.6. The quantitative estimate of drug-likeness (QED) is 0.110. The highest BCUT2D eigenvalue weighted by Crippen LogP contribution is 2.47. The van der Waals surface area contributed by atoms with Crippen LogP contribution in [-0.2, 0) is 23.6 Å². The fraction of sp³-hybridized carbons (Fsp3) is 0.447. The summed E-state index contributed by atoms with van der Waals surface area (Å²) in [6.07, 6.45) is 2.68. The number of carboxylic acid groups (broad SMARTS) is 1. The van der Waals surface area contributed by atoms with Gasteiger partial charge >= 0.3 is 18.4 Å². The lowest BCUT2D eigenvalue weighted by Gasteiger charge is -2.18. The van der Waals surface area contributed by atoms with Crippen molar-refractivity contribution in [2.24, 2.45) is 11.8 Å². The number of alkyl halides is 6. The highest BCUT2D eigenvalue weighted by atomic mass is 19.4. The number of amides is 1. The van der Waals surface area contributed by atoms with E-state index in [0.29, 0.717) is 35.8 Å². The van der Waals surface area contributed by atoms with Crippen LogP contribution in [0.4, 0.5) is 31.1 Å². The van der Waals surface area contributed by atoms with Crippen LogP contribution < -0.4 is 5.32 Å². The van der Waals surface area contributed by atoms with Crippen LogP contribution in [0, 0.1) is 11.8 Å². The first-order valence-electron chi connectivity index (χ1n) is 19.0. The molecule has 6 atom stereocenters. The molecule has 20 heteroatoms. The fourth-order valence-electron chi connectivity index (χ4n) is 8.75. The van der Waals surface area contributed by atoms with Gasteiger partial charge in [-0.15, -0.1) is 20.4 Å². The summed E-state index contributed by atoms with van der Waals surface area (Å²) in [6, 6.07) is 5.02. The molecule has 0 aliphatic heterocycles. The maximum atomic E-state index is 12.4. The van der Waals surface area contributed by atoms with E-state index in [-0.39, 0.29) is 18.3 Å². The summed E-state index contributed by atoms with van der Waals surface area (Å²) in [4.78, 5) is 25.6. The minimum atomic E-state index is -4.95. The van der Waals surface area contributed by atoms with Crippen LogP contribution in [-0.4, -0.2) is 72.5 Å². The third kappa shape index (κ3) is 7.51. The van der Waals surface area contributed by atoms with Gasteiger partial charge in [0.15, 0.2) is 22.6 Å². The first-order chi connectivity index (χ1) is 27.7. The zero-order chi connectivity index (χ0) is 40.9. The molecule has 9 rings (SSSR count). The summed E-state index contributed by atoms with van der Waals surface area (Å²) in [5.74, 6) is 3.71. The van der Waals surface area contributed by atoms with E-state index in [1.807, 2.05) is 12.4 Å². The van der Waals surface area contributed by atoms with Crippen molar-refractivity contribution in [2.45, 2.75) is 95.3 Å². The molecule has 1 aromatic carbocycles. The average Bonchev–Trinajstić information content (AvgIpc) is 4.03. The standard InChI is InChI=1S/C28H32N10O.C10H7F6NO2/c1-3-15-9-17(11-19(15)27-35-33-23-13-31-25-21(37(23)27)5-7-29-25)39-18-10-16(4-2)20(12-18)28-36-34-24-14-32-26-22(38(24)28)6-8-30-26;11-9(12,13)6-1-5(4-17-8(18)19)2-7(3-6)10(14,15)16/h5-8,13-20,29-30H,3-4,9-12H2,1-2H3;1-3,17H,4H2,(H,18,19)/t15-,16-,17+,18+,19+,20+;/m1./s1. The molecular formula is C38H39F6N11O3. The number of hydrogen-bond acceptors (Lipinski definition) is 8. The number of ether oxygens (including phenoxy) is 1. The minimum absolute atomic E-state index is 0.0235.